The second kappa shape index (κ2) is 21.2. The first-order valence-corrected chi connectivity index (χ1v) is 28.0. The molecule has 0 aromatic heterocycles. The molecule has 354 valence electrons. The third-order valence-electron chi connectivity index (χ3n) is 12.9. The van der Waals surface area contributed by atoms with Gasteiger partial charge in [0.1, 0.15) is 34.5 Å². The van der Waals surface area contributed by atoms with E-state index in [1.807, 2.05) is 36.4 Å². The molecule has 0 saturated heterocycles. The molecule has 2 unspecified atom stereocenters. The van der Waals surface area contributed by atoms with Gasteiger partial charge in [-0.1, -0.05) is 41.5 Å². The Hall–Kier alpha value is -4.51. The highest BCUT2D eigenvalue weighted by Gasteiger charge is 2.41. The zero-order valence-corrected chi connectivity index (χ0v) is 43.8. The maximum Gasteiger partial charge on any atom is 0.308 e. The van der Waals surface area contributed by atoms with Crippen LogP contribution in [0.15, 0.2) is 36.4 Å². The summed E-state index contributed by atoms with van der Waals surface area (Å²) in [6, 6.07) is 11.8. The molecule has 0 spiro atoms. The number of benzene rings is 4. The molecule has 2 atom stereocenters. The van der Waals surface area contributed by atoms with Crippen molar-refractivity contribution in [2.45, 2.75) is 130 Å². The summed E-state index contributed by atoms with van der Waals surface area (Å²) in [6.07, 6.45) is 0.0579. The molecule has 4 aromatic carbocycles. The summed E-state index contributed by atoms with van der Waals surface area (Å²) in [4.78, 5) is 25.8. The van der Waals surface area contributed by atoms with Gasteiger partial charge in [0.15, 0.2) is 16.6 Å². The highest BCUT2D eigenvalue weighted by atomic mass is 28.4. The van der Waals surface area contributed by atoms with E-state index in [0.717, 1.165) is 33.0 Å². The lowest BCUT2D eigenvalue weighted by atomic mass is 9.91. The summed E-state index contributed by atoms with van der Waals surface area (Å²) in [5.41, 5.74) is 3.13. The molecule has 0 aliphatic carbocycles. The summed E-state index contributed by atoms with van der Waals surface area (Å²) >= 11 is 0. The predicted molar refractivity (Wildman–Crippen MR) is 260 cm³/mol. The molecule has 14 heteroatoms. The van der Waals surface area contributed by atoms with Crippen molar-refractivity contribution in [3.63, 3.8) is 0 Å². The van der Waals surface area contributed by atoms with Crippen molar-refractivity contribution in [1.82, 2.24) is 0 Å². The minimum Gasteiger partial charge on any atom is -0.496 e. The summed E-state index contributed by atoms with van der Waals surface area (Å²) in [5, 5.41) is 2.77. The summed E-state index contributed by atoms with van der Waals surface area (Å²) in [6.45, 7) is 26.0. The van der Waals surface area contributed by atoms with E-state index in [-0.39, 0.29) is 48.1 Å². The maximum atomic E-state index is 12.9. The zero-order valence-electron chi connectivity index (χ0n) is 41.8. The zero-order chi connectivity index (χ0) is 47.9. The number of hydrogen-bond acceptors (Lipinski definition) is 12. The van der Waals surface area contributed by atoms with Gasteiger partial charge in [-0.2, -0.15) is 0 Å². The smallest absolute Gasteiger partial charge is 0.308 e. The quantitative estimate of drug-likeness (QED) is 0.0583. The number of rotatable bonds is 21. The van der Waals surface area contributed by atoms with Crippen LogP contribution >= 0.6 is 0 Å². The molecule has 0 aliphatic rings. The third-order valence-corrected chi connectivity index (χ3v) is 21.9. The number of carbonyl (C=O) groups is 2. The molecule has 0 bridgehead atoms. The third kappa shape index (κ3) is 11.3. The molecule has 4 rings (SSSR count). The number of esters is 2. The fourth-order valence-electron chi connectivity index (χ4n) is 7.73. The van der Waals surface area contributed by atoms with Crippen molar-refractivity contribution in [3.05, 3.63) is 47.5 Å². The lowest BCUT2D eigenvalue weighted by molar-refractivity contribution is -0.146. The van der Waals surface area contributed by atoms with Gasteiger partial charge in [-0.05, 0) is 86.5 Å². The number of ether oxygens (including phenoxy) is 8. The van der Waals surface area contributed by atoms with E-state index in [1.54, 1.807) is 56.5 Å². The van der Waals surface area contributed by atoms with Crippen LogP contribution in [0.25, 0.3) is 32.7 Å². The monoisotopic (exact) mass is 922 g/mol. The Balaban J connectivity index is 1.94. The van der Waals surface area contributed by atoms with E-state index in [1.165, 1.54) is 0 Å². The van der Waals surface area contributed by atoms with Crippen LogP contribution in [0.2, 0.25) is 36.3 Å². The van der Waals surface area contributed by atoms with Crippen LogP contribution < -0.4 is 28.4 Å². The van der Waals surface area contributed by atoms with Gasteiger partial charge < -0.3 is 46.7 Å². The van der Waals surface area contributed by atoms with E-state index in [4.69, 9.17) is 46.7 Å². The van der Waals surface area contributed by atoms with Crippen molar-refractivity contribution < 1.29 is 56.3 Å². The van der Waals surface area contributed by atoms with Crippen LogP contribution in [0.3, 0.4) is 0 Å². The molecular formula is C50H74O12Si2. The van der Waals surface area contributed by atoms with E-state index in [9.17, 15) is 9.59 Å². The second-order valence-electron chi connectivity index (χ2n) is 19.1. The Labute approximate surface area is 383 Å². The molecule has 0 heterocycles. The van der Waals surface area contributed by atoms with Gasteiger partial charge in [-0.25, -0.2) is 0 Å². The minimum atomic E-state index is -2.30. The average molecular weight is 923 g/mol. The Morgan fingerprint density at radius 3 is 1.11 bits per heavy atom. The first kappa shape index (κ1) is 52.1. The Morgan fingerprint density at radius 2 is 0.844 bits per heavy atom. The van der Waals surface area contributed by atoms with Crippen LogP contribution in [0.4, 0.5) is 0 Å². The molecule has 0 fully saturated rings. The van der Waals surface area contributed by atoms with Crippen molar-refractivity contribution in [3.8, 4) is 45.6 Å². The van der Waals surface area contributed by atoms with E-state index in [2.05, 4.69) is 67.7 Å². The van der Waals surface area contributed by atoms with Crippen LogP contribution in [0, 0.1) is 0 Å². The van der Waals surface area contributed by atoms with E-state index >= 15 is 0 Å². The second-order valence-corrected chi connectivity index (χ2v) is 28.6. The summed E-state index contributed by atoms with van der Waals surface area (Å²) in [7, 11) is 5.18. The highest BCUT2D eigenvalue weighted by Crippen LogP contribution is 2.52. The fraction of sp³-hybridized carbons (Fsp3) is 0.560. The first-order valence-electron chi connectivity index (χ1n) is 22.1. The first-order chi connectivity index (χ1) is 30.0. The molecule has 0 radical (unpaired) electrons. The standard InChI is InChI=1S/C50H74O12Si2/c1-19-59-41(51)29-33(61-63(15,16)49(3,4)5)25-31-27-39(53-9)43-37(45(31)55-11)23-21-35(47(43)57-13)36-22-24-38-44(48(36)58-14)40(54-10)28-32(46(38)56-12)26-34(30-42(52)60-20-2)62-64(17,18)50(6,7)8/h21-24,27-28,33-34H,19-20,25-26,29-30H2,1-18H3. The average Bonchev–Trinajstić information content (AvgIpc) is 3.21. The molecule has 0 N–H and O–H groups in total. The summed E-state index contributed by atoms with van der Waals surface area (Å²) in [5.74, 6) is 2.84. The van der Waals surface area contributed by atoms with Crippen molar-refractivity contribution in [1.29, 1.82) is 0 Å². The summed E-state index contributed by atoms with van der Waals surface area (Å²) < 4.78 is 61.6. The van der Waals surface area contributed by atoms with Gasteiger partial charge >= 0.3 is 11.9 Å². The van der Waals surface area contributed by atoms with Crippen LogP contribution in [-0.4, -0.2) is 96.7 Å². The van der Waals surface area contributed by atoms with Gasteiger partial charge in [-0.15, -0.1) is 0 Å². The van der Waals surface area contributed by atoms with Crippen molar-refractivity contribution in [2.24, 2.45) is 0 Å². The Bertz CT molecular complexity index is 2110. The fourth-order valence-corrected chi connectivity index (χ4v) is 10.4. The molecular weight excluding hydrogens is 849 g/mol. The van der Waals surface area contributed by atoms with Crippen LogP contribution in [0.1, 0.15) is 79.4 Å². The van der Waals surface area contributed by atoms with Gasteiger partial charge in [0.05, 0.1) is 91.7 Å². The molecule has 12 nitrogen and oxygen atoms in total. The van der Waals surface area contributed by atoms with Crippen LogP contribution in [-0.2, 0) is 40.8 Å². The molecule has 0 aliphatic heterocycles. The normalized spacial score (nSPS) is 13.3. The Morgan fingerprint density at radius 1 is 0.516 bits per heavy atom. The van der Waals surface area contributed by atoms with Gasteiger partial charge in [0, 0.05) is 45.9 Å². The number of methoxy groups -OCH3 is 6. The van der Waals surface area contributed by atoms with E-state index in [0.29, 0.717) is 58.1 Å². The van der Waals surface area contributed by atoms with Gasteiger partial charge in [-0.3, -0.25) is 9.59 Å². The molecule has 0 saturated carbocycles. The molecule has 4 aromatic rings. The van der Waals surface area contributed by atoms with E-state index < -0.39 is 28.8 Å². The number of hydrogen-bond donors (Lipinski definition) is 0. The van der Waals surface area contributed by atoms with Gasteiger partial charge in [0.2, 0.25) is 0 Å². The predicted octanol–water partition coefficient (Wildman–Crippen LogP) is 11.5. The minimum absolute atomic E-state index is 0.0792. The molecule has 0 amide bonds. The molecule has 64 heavy (non-hydrogen) atoms. The van der Waals surface area contributed by atoms with Crippen molar-refractivity contribution in [2.75, 3.05) is 55.9 Å². The number of carbonyl (C=O) groups excluding carboxylic acids is 2. The topological polar surface area (TPSA) is 126 Å². The lowest BCUT2D eigenvalue weighted by Gasteiger charge is -2.39. The maximum absolute atomic E-state index is 12.9. The van der Waals surface area contributed by atoms with Crippen molar-refractivity contribution >= 4 is 50.1 Å². The number of fused-ring (bicyclic) bond motifs is 2. The van der Waals surface area contributed by atoms with Crippen LogP contribution in [0.5, 0.6) is 34.5 Å². The van der Waals surface area contributed by atoms with Gasteiger partial charge in [0.25, 0.3) is 0 Å². The lowest BCUT2D eigenvalue weighted by Crippen LogP contribution is -2.45. The highest BCUT2D eigenvalue weighted by molar-refractivity contribution is 6.74. The largest absolute Gasteiger partial charge is 0.496 e. The SMILES string of the molecule is CCOC(=O)CC(Cc1cc(OC)c2c(OC)c(-c3ccc4c(OC)c(CC(CC(=O)OCC)O[Si](C)(C)C(C)(C)C)cc(OC)c4c3OC)ccc2c1OC)O[Si](C)(C)C(C)(C)C. The Kier molecular flexibility index (Phi) is 17.3.